The average Bonchev–Trinajstić information content (AvgIpc) is 3.07. The summed E-state index contributed by atoms with van der Waals surface area (Å²) in [6.07, 6.45) is 3.80. The topological polar surface area (TPSA) is 36.4 Å². The first-order valence-electron chi connectivity index (χ1n) is 6.35. The Balaban J connectivity index is 2.07. The van der Waals surface area contributed by atoms with E-state index in [2.05, 4.69) is 11.1 Å². The van der Waals surface area contributed by atoms with Gasteiger partial charge in [0.25, 0.3) is 7.44 Å². The standard InChI is InChI=1S/C14H16N3OPS/c1-16(2)19(18)13(12-6-4-3-5-7-12)8-10-17(19)14-15-9-11-20-14/h3-9,11H,10H2,1-2H3. The van der Waals surface area contributed by atoms with Crippen molar-refractivity contribution in [3.05, 3.63) is 53.5 Å². The lowest BCUT2D eigenvalue weighted by molar-refractivity contribution is 0.523. The quantitative estimate of drug-likeness (QED) is 0.809. The van der Waals surface area contributed by atoms with Crippen LogP contribution in [0.2, 0.25) is 0 Å². The van der Waals surface area contributed by atoms with Crippen molar-refractivity contribution in [1.29, 1.82) is 0 Å². The van der Waals surface area contributed by atoms with Gasteiger partial charge in [0.1, 0.15) is 0 Å². The zero-order valence-corrected chi connectivity index (χ0v) is 13.1. The van der Waals surface area contributed by atoms with Crippen molar-refractivity contribution in [3.8, 4) is 0 Å². The molecule has 0 bridgehead atoms. The molecule has 0 saturated carbocycles. The number of hydrogen-bond donors (Lipinski definition) is 0. The highest BCUT2D eigenvalue weighted by Gasteiger charge is 2.42. The van der Waals surface area contributed by atoms with Crippen molar-refractivity contribution in [1.82, 2.24) is 9.65 Å². The Labute approximate surface area is 122 Å². The van der Waals surface area contributed by atoms with Gasteiger partial charge in [0.2, 0.25) is 0 Å². The van der Waals surface area contributed by atoms with Crippen LogP contribution in [0.3, 0.4) is 0 Å². The molecule has 1 unspecified atom stereocenters. The number of rotatable bonds is 3. The highest BCUT2D eigenvalue weighted by Crippen LogP contribution is 2.66. The number of hydrogen-bond acceptors (Lipinski definition) is 3. The van der Waals surface area contributed by atoms with Gasteiger partial charge in [-0.05, 0) is 19.7 Å². The summed E-state index contributed by atoms with van der Waals surface area (Å²) in [5.41, 5.74) is 1.02. The molecule has 1 aliphatic rings. The lowest BCUT2D eigenvalue weighted by Gasteiger charge is -2.31. The molecule has 20 heavy (non-hydrogen) atoms. The molecule has 2 aromatic rings. The molecule has 1 aliphatic heterocycles. The van der Waals surface area contributed by atoms with E-state index >= 15 is 0 Å². The molecule has 0 radical (unpaired) electrons. The van der Waals surface area contributed by atoms with Crippen molar-refractivity contribution in [2.24, 2.45) is 0 Å². The van der Waals surface area contributed by atoms with Gasteiger partial charge in [-0.25, -0.2) is 9.65 Å². The summed E-state index contributed by atoms with van der Waals surface area (Å²) in [6.45, 7) is 0.632. The van der Waals surface area contributed by atoms with Gasteiger partial charge >= 0.3 is 0 Å². The van der Waals surface area contributed by atoms with Gasteiger partial charge in [-0.3, -0.25) is 9.24 Å². The molecule has 0 spiro atoms. The summed E-state index contributed by atoms with van der Waals surface area (Å²) in [5.74, 6) is 0. The molecule has 3 rings (SSSR count). The maximum absolute atomic E-state index is 13.6. The van der Waals surface area contributed by atoms with Crippen LogP contribution in [0.4, 0.5) is 5.13 Å². The third-order valence-corrected chi connectivity index (χ3v) is 7.44. The van der Waals surface area contributed by atoms with Crippen LogP contribution in [-0.4, -0.2) is 30.3 Å². The second kappa shape index (κ2) is 5.17. The first-order chi connectivity index (χ1) is 9.64. The molecule has 104 valence electrons. The molecule has 0 fully saturated rings. The van der Waals surface area contributed by atoms with E-state index in [1.165, 1.54) is 11.3 Å². The van der Waals surface area contributed by atoms with E-state index in [1.54, 1.807) is 6.20 Å². The zero-order valence-electron chi connectivity index (χ0n) is 11.4. The summed E-state index contributed by atoms with van der Waals surface area (Å²) >= 11 is 1.52. The van der Waals surface area contributed by atoms with Crippen LogP contribution in [0.1, 0.15) is 5.56 Å². The molecule has 0 amide bonds. The van der Waals surface area contributed by atoms with Crippen molar-refractivity contribution < 1.29 is 4.57 Å². The maximum atomic E-state index is 13.6. The number of nitrogens with zero attached hydrogens (tertiary/aromatic N) is 3. The summed E-state index contributed by atoms with van der Waals surface area (Å²) in [5, 5.41) is 3.62. The van der Waals surface area contributed by atoms with E-state index in [-0.39, 0.29) is 0 Å². The molecule has 1 aromatic carbocycles. The van der Waals surface area contributed by atoms with Crippen LogP contribution in [0, 0.1) is 0 Å². The molecule has 1 aromatic heterocycles. The second-order valence-electron chi connectivity index (χ2n) is 4.74. The van der Waals surface area contributed by atoms with Gasteiger partial charge in [-0.15, -0.1) is 11.3 Å². The van der Waals surface area contributed by atoms with Crippen molar-refractivity contribution in [2.45, 2.75) is 0 Å². The van der Waals surface area contributed by atoms with Crippen molar-refractivity contribution in [3.63, 3.8) is 0 Å². The molecule has 2 heterocycles. The average molecular weight is 305 g/mol. The fourth-order valence-corrected chi connectivity index (χ4v) is 5.95. The highest BCUT2D eigenvalue weighted by atomic mass is 32.1. The van der Waals surface area contributed by atoms with Crippen LogP contribution in [0.25, 0.3) is 5.31 Å². The molecular formula is C14H16N3OPS. The van der Waals surface area contributed by atoms with Gasteiger partial charge in [0.15, 0.2) is 5.13 Å². The number of benzene rings is 1. The molecule has 1 atom stereocenters. The largest absolute Gasteiger partial charge is 0.279 e. The minimum atomic E-state index is -2.80. The smallest absolute Gasteiger partial charge is 0.270 e. The SMILES string of the molecule is CN(C)P1(=O)C(c2ccccc2)=CCN1c1nccs1. The third kappa shape index (κ3) is 2.03. The highest BCUT2D eigenvalue weighted by molar-refractivity contribution is 7.74. The maximum Gasteiger partial charge on any atom is 0.270 e. The third-order valence-electron chi connectivity index (χ3n) is 3.35. The molecular weight excluding hydrogens is 289 g/mol. The monoisotopic (exact) mass is 305 g/mol. The lowest BCUT2D eigenvalue weighted by atomic mass is 10.2. The van der Waals surface area contributed by atoms with Gasteiger partial charge in [0, 0.05) is 18.1 Å². The minimum absolute atomic E-state index is 0.632. The van der Waals surface area contributed by atoms with E-state index < -0.39 is 7.44 Å². The summed E-state index contributed by atoms with van der Waals surface area (Å²) in [6, 6.07) is 9.93. The van der Waals surface area contributed by atoms with Crippen LogP contribution < -0.4 is 4.67 Å². The van der Waals surface area contributed by atoms with E-state index in [4.69, 9.17) is 0 Å². The van der Waals surface area contributed by atoms with E-state index in [1.807, 2.05) is 59.1 Å². The van der Waals surface area contributed by atoms with Crippen LogP contribution in [0.15, 0.2) is 48.0 Å². The summed E-state index contributed by atoms with van der Waals surface area (Å²) in [7, 11) is 0.932. The second-order valence-corrected chi connectivity index (χ2v) is 8.47. The van der Waals surface area contributed by atoms with E-state index in [0.29, 0.717) is 6.54 Å². The number of thiazole rings is 1. The van der Waals surface area contributed by atoms with Gasteiger partial charge in [0.05, 0.1) is 5.31 Å². The van der Waals surface area contributed by atoms with Crippen LogP contribution in [-0.2, 0) is 4.57 Å². The fraction of sp³-hybridized carbons (Fsp3) is 0.214. The van der Waals surface area contributed by atoms with Crippen LogP contribution in [0.5, 0.6) is 0 Å². The first-order valence-corrected chi connectivity index (χ1v) is 8.85. The van der Waals surface area contributed by atoms with Crippen molar-refractivity contribution >= 4 is 29.2 Å². The Bertz CT molecular complexity index is 667. The normalized spacial score (nSPS) is 22.4. The fourth-order valence-electron chi connectivity index (χ4n) is 2.40. The van der Waals surface area contributed by atoms with Gasteiger partial charge in [-0.2, -0.15) is 0 Å². The zero-order chi connectivity index (χ0) is 14.2. The Morgan fingerprint density at radius 2 is 2.05 bits per heavy atom. The Morgan fingerprint density at radius 3 is 2.65 bits per heavy atom. The van der Waals surface area contributed by atoms with E-state index in [9.17, 15) is 4.57 Å². The molecule has 4 nitrogen and oxygen atoms in total. The predicted octanol–water partition coefficient (Wildman–Crippen LogP) is 3.76. The lowest BCUT2D eigenvalue weighted by Crippen LogP contribution is -2.24. The Morgan fingerprint density at radius 1 is 1.30 bits per heavy atom. The van der Waals surface area contributed by atoms with Crippen LogP contribution >= 0.6 is 18.8 Å². The molecule has 0 N–H and O–H groups in total. The molecule has 0 saturated heterocycles. The molecule has 6 heteroatoms. The summed E-state index contributed by atoms with van der Waals surface area (Å²) in [4.78, 5) is 4.32. The van der Waals surface area contributed by atoms with Gasteiger partial charge in [-0.1, -0.05) is 36.4 Å². The molecule has 0 aliphatic carbocycles. The van der Waals surface area contributed by atoms with Crippen molar-refractivity contribution in [2.75, 3.05) is 25.3 Å². The Kier molecular flexibility index (Phi) is 3.50. The predicted molar refractivity (Wildman–Crippen MR) is 85.2 cm³/mol. The minimum Gasteiger partial charge on any atom is -0.279 e. The number of aromatic nitrogens is 1. The van der Waals surface area contributed by atoms with E-state index in [0.717, 1.165) is 16.0 Å². The number of anilines is 1. The first kappa shape index (κ1) is 13.6. The van der Waals surface area contributed by atoms with Gasteiger partial charge < -0.3 is 0 Å². The summed E-state index contributed by atoms with van der Waals surface area (Å²) < 4.78 is 17.4. The Hall–Kier alpha value is -1.42.